The number of benzene rings is 1. The van der Waals surface area contributed by atoms with Crippen molar-refractivity contribution in [1.82, 2.24) is 4.72 Å². The van der Waals surface area contributed by atoms with Crippen LogP contribution in [-0.2, 0) is 10.0 Å². The van der Waals surface area contributed by atoms with E-state index in [1.54, 1.807) is 19.1 Å². The van der Waals surface area contributed by atoms with E-state index >= 15 is 0 Å². The number of anilines is 1. The van der Waals surface area contributed by atoms with Gasteiger partial charge in [0.15, 0.2) is 0 Å². The highest BCUT2D eigenvalue weighted by molar-refractivity contribution is 7.89. The van der Waals surface area contributed by atoms with Gasteiger partial charge in [0.2, 0.25) is 10.0 Å². The Labute approximate surface area is 121 Å². The summed E-state index contributed by atoms with van der Waals surface area (Å²) in [5.74, 6) is 1.56. The lowest BCUT2D eigenvalue weighted by Crippen LogP contribution is -2.29. The quantitative estimate of drug-likeness (QED) is 0.877. The second kappa shape index (κ2) is 5.37. The molecule has 110 valence electrons. The van der Waals surface area contributed by atoms with Crippen molar-refractivity contribution in [1.29, 1.82) is 0 Å². The molecule has 1 aromatic carbocycles. The maximum Gasteiger partial charge on any atom is 0.242 e. The van der Waals surface area contributed by atoms with Gasteiger partial charge >= 0.3 is 0 Å². The predicted octanol–water partition coefficient (Wildman–Crippen LogP) is 2.59. The molecule has 20 heavy (non-hydrogen) atoms. The van der Waals surface area contributed by atoms with Crippen molar-refractivity contribution < 1.29 is 8.42 Å². The Hall–Kier alpha value is -1.07. The summed E-state index contributed by atoms with van der Waals surface area (Å²) in [5, 5.41) is 3.49. The van der Waals surface area contributed by atoms with Crippen LogP contribution in [0.3, 0.4) is 0 Å². The maximum atomic E-state index is 12.2. The van der Waals surface area contributed by atoms with Crippen LogP contribution >= 0.6 is 0 Å². The first-order valence-corrected chi connectivity index (χ1v) is 8.93. The predicted molar refractivity (Wildman–Crippen MR) is 80.2 cm³/mol. The van der Waals surface area contributed by atoms with E-state index < -0.39 is 10.0 Å². The molecular formula is C15H22N2O2S. The van der Waals surface area contributed by atoms with Crippen LogP contribution in [0.25, 0.3) is 0 Å². The molecule has 0 aliphatic heterocycles. The average Bonchev–Trinajstić information content (AvgIpc) is 3.01. The topological polar surface area (TPSA) is 58.2 Å². The van der Waals surface area contributed by atoms with Gasteiger partial charge in [0.25, 0.3) is 0 Å². The van der Waals surface area contributed by atoms with Gasteiger partial charge in [-0.25, -0.2) is 13.1 Å². The molecule has 2 aliphatic carbocycles. The molecule has 3 unspecified atom stereocenters. The van der Waals surface area contributed by atoms with Crippen molar-refractivity contribution in [2.45, 2.75) is 43.5 Å². The largest absolute Gasteiger partial charge is 0.381 e. The molecule has 2 N–H and O–H groups in total. The first-order chi connectivity index (χ1) is 9.60. The van der Waals surface area contributed by atoms with Gasteiger partial charge in [-0.2, -0.15) is 0 Å². The molecule has 5 heteroatoms. The smallest absolute Gasteiger partial charge is 0.242 e. The van der Waals surface area contributed by atoms with E-state index in [0.29, 0.717) is 17.5 Å². The summed E-state index contributed by atoms with van der Waals surface area (Å²) in [6.45, 7) is 2.20. The summed E-state index contributed by atoms with van der Waals surface area (Å²) in [7, 11) is -3.41. The van der Waals surface area contributed by atoms with Crippen LogP contribution in [0.5, 0.6) is 0 Å². The molecule has 1 aromatic rings. The fourth-order valence-corrected chi connectivity index (χ4v) is 4.92. The van der Waals surface area contributed by atoms with Gasteiger partial charge in [-0.15, -0.1) is 0 Å². The van der Waals surface area contributed by atoms with E-state index in [-0.39, 0.29) is 0 Å². The van der Waals surface area contributed by atoms with Gasteiger partial charge in [0, 0.05) is 12.6 Å². The molecule has 3 atom stereocenters. The van der Waals surface area contributed by atoms with Crippen molar-refractivity contribution in [3.63, 3.8) is 0 Å². The van der Waals surface area contributed by atoms with Crippen molar-refractivity contribution >= 4 is 15.7 Å². The van der Waals surface area contributed by atoms with Gasteiger partial charge in [-0.05, 0) is 43.2 Å². The first kappa shape index (κ1) is 13.9. The highest BCUT2D eigenvalue weighted by atomic mass is 32.2. The van der Waals surface area contributed by atoms with Crippen molar-refractivity contribution in [2.75, 3.05) is 11.9 Å². The van der Waals surface area contributed by atoms with Crippen LogP contribution in [0.15, 0.2) is 29.2 Å². The monoisotopic (exact) mass is 294 g/mol. The van der Waals surface area contributed by atoms with Gasteiger partial charge in [-0.1, -0.05) is 25.5 Å². The van der Waals surface area contributed by atoms with Crippen LogP contribution in [-0.4, -0.2) is 21.0 Å². The van der Waals surface area contributed by atoms with E-state index in [4.69, 9.17) is 0 Å². The summed E-state index contributed by atoms with van der Waals surface area (Å²) in [6, 6.07) is 7.65. The molecule has 0 heterocycles. The van der Waals surface area contributed by atoms with E-state index in [1.807, 2.05) is 12.1 Å². The van der Waals surface area contributed by atoms with E-state index in [1.165, 1.54) is 25.7 Å². The Morgan fingerprint density at radius 3 is 2.65 bits per heavy atom. The highest BCUT2D eigenvalue weighted by Gasteiger charge is 2.39. The van der Waals surface area contributed by atoms with E-state index in [0.717, 1.165) is 17.5 Å². The summed E-state index contributed by atoms with van der Waals surface area (Å²) in [6.07, 6.45) is 5.12. The highest BCUT2D eigenvalue weighted by Crippen LogP contribution is 2.45. The minimum atomic E-state index is -3.41. The Morgan fingerprint density at radius 2 is 2.00 bits per heavy atom. The zero-order valence-electron chi connectivity index (χ0n) is 11.8. The number of hydrogen-bond donors (Lipinski definition) is 2. The Morgan fingerprint density at radius 1 is 1.20 bits per heavy atom. The minimum Gasteiger partial charge on any atom is -0.381 e. The summed E-state index contributed by atoms with van der Waals surface area (Å²) in [4.78, 5) is 0.365. The number of sulfonamides is 1. The van der Waals surface area contributed by atoms with Crippen molar-refractivity contribution in [3.05, 3.63) is 24.3 Å². The standard InChI is InChI=1S/C15H22N2O2S/c1-2-16-20(18,19)15-6-4-3-5-13(15)17-14-10-11-7-8-12(14)9-11/h3-6,11-12,14,16-17H,2,7-10H2,1H3. The second-order valence-electron chi connectivity index (χ2n) is 5.92. The Kier molecular flexibility index (Phi) is 3.73. The van der Waals surface area contributed by atoms with Crippen LogP contribution in [0.1, 0.15) is 32.6 Å². The average molecular weight is 294 g/mol. The summed E-state index contributed by atoms with van der Waals surface area (Å²) < 4.78 is 27.0. The van der Waals surface area contributed by atoms with E-state index in [9.17, 15) is 8.42 Å². The molecule has 2 bridgehead atoms. The molecule has 2 fully saturated rings. The van der Waals surface area contributed by atoms with Crippen LogP contribution < -0.4 is 10.0 Å². The number of hydrogen-bond acceptors (Lipinski definition) is 3. The molecule has 0 saturated heterocycles. The molecule has 0 amide bonds. The molecule has 3 rings (SSSR count). The first-order valence-electron chi connectivity index (χ1n) is 7.45. The third-order valence-corrected chi connectivity index (χ3v) is 6.19. The van der Waals surface area contributed by atoms with Crippen LogP contribution in [0.2, 0.25) is 0 Å². The van der Waals surface area contributed by atoms with Gasteiger partial charge < -0.3 is 5.32 Å². The molecule has 0 aromatic heterocycles. The van der Waals surface area contributed by atoms with Gasteiger partial charge in [0.1, 0.15) is 4.90 Å². The lowest BCUT2D eigenvalue weighted by atomic mass is 9.95. The Balaban J connectivity index is 1.83. The molecule has 2 aliphatic rings. The zero-order chi connectivity index (χ0) is 14.2. The van der Waals surface area contributed by atoms with Crippen molar-refractivity contribution in [3.8, 4) is 0 Å². The third-order valence-electron chi connectivity index (χ3n) is 4.59. The summed E-state index contributed by atoms with van der Waals surface area (Å²) in [5.41, 5.74) is 0.742. The van der Waals surface area contributed by atoms with Gasteiger partial charge in [-0.3, -0.25) is 0 Å². The van der Waals surface area contributed by atoms with Crippen LogP contribution in [0.4, 0.5) is 5.69 Å². The van der Waals surface area contributed by atoms with Crippen LogP contribution in [0, 0.1) is 11.8 Å². The lowest BCUT2D eigenvalue weighted by Gasteiger charge is -2.25. The van der Waals surface area contributed by atoms with Crippen molar-refractivity contribution in [2.24, 2.45) is 11.8 Å². The minimum absolute atomic E-state index is 0.365. The number of rotatable bonds is 5. The molecule has 2 saturated carbocycles. The van der Waals surface area contributed by atoms with E-state index in [2.05, 4.69) is 10.0 Å². The molecule has 0 radical (unpaired) electrons. The number of para-hydroxylation sites is 1. The normalized spacial score (nSPS) is 28.8. The fraction of sp³-hybridized carbons (Fsp3) is 0.600. The molecule has 4 nitrogen and oxygen atoms in total. The summed E-state index contributed by atoms with van der Waals surface area (Å²) >= 11 is 0. The number of nitrogens with one attached hydrogen (secondary N) is 2. The third kappa shape index (κ3) is 2.56. The zero-order valence-corrected chi connectivity index (χ0v) is 12.6. The second-order valence-corrected chi connectivity index (χ2v) is 7.66. The maximum absolute atomic E-state index is 12.2. The fourth-order valence-electron chi connectivity index (χ4n) is 3.71. The Bertz CT molecular complexity index is 585. The molecule has 0 spiro atoms. The van der Waals surface area contributed by atoms with Gasteiger partial charge in [0.05, 0.1) is 5.69 Å². The molecular weight excluding hydrogens is 272 g/mol. The lowest BCUT2D eigenvalue weighted by molar-refractivity contribution is 0.439. The number of fused-ring (bicyclic) bond motifs is 2. The SMILES string of the molecule is CCNS(=O)(=O)c1ccccc1NC1CC2CCC1C2.